The highest BCUT2D eigenvalue weighted by Gasteiger charge is 2.51. The molecule has 2 atom stereocenters. The second kappa shape index (κ2) is 7.11. The molecule has 0 amide bonds. The van der Waals surface area contributed by atoms with Gasteiger partial charge in [-0.15, -0.1) is 22.7 Å². The third kappa shape index (κ3) is 2.96. The van der Waals surface area contributed by atoms with Crippen molar-refractivity contribution in [1.29, 1.82) is 0 Å². The minimum Gasteiger partial charge on any atom is -0.390 e. The van der Waals surface area contributed by atoms with Gasteiger partial charge in [0.15, 0.2) is 0 Å². The van der Waals surface area contributed by atoms with Crippen molar-refractivity contribution in [1.82, 2.24) is 15.6 Å². The lowest BCUT2D eigenvalue weighted by Crippen LogP contribution is -2.47. The molecule has 5 rings (SSSR count). The molecule has 0 unspecified atom stereocenters. The van der Waals surface area contributed by atoms with Gasteiger partial charge < -0.3 is 15.7 Å². The molecule has 2 aliphatic rings. The SMILES string of the molecule is O[C@@H]1[C@@H](NCc2csc(-c3cccs3)n2)c2ccccc2C12CCNCC2. The molecular weight excluding hydrogens is 374 g/mol. The molecule has 1 saturated heterocycles. The van der Waals surface area contributed by atoms with Gasteiger partial charge in [-0.05, 0) is 48.5 Å². The molecule has 1 aliphatic heterocycles. The first-order valence-corrected chi connectivity index (χ1v) is 11.2. The summed E-state index contributed by atoms with van der Waals surface area (Å²) >= 11 is 3.41. The first kappa shape index (κ1) is 17.5. The average molecular weight is 398 g/mol. The lowest BCUT2D eigenvalue weighted by atomic mass is 9.72. The van der Waals surface area contributed by atoms with Gasteiger partial charge in [-0.25, -0.2) is 4.98 Å². The van der Waals surface area contributed by atoms with E-state index in [2.05, 4.69) is 57.8 Å². The summed E-state index contributed by atoms with van der Waals surface area (Å²) in [5, 5.41) is 23.6. The molecule has 3 N–H and O–H groups in total. The fraction of sp³-hybridized carbons (Fsp3) is 0.381. The number of aliphatic hydroxyl groups is 1. The quantitative estimate of drug-likeness (QED) is 0.628. The third-order valence-corrected chi connectivity index (χ3v) is 7.93. The molecule has 4 nitrogen and oxygen atoms in total. The fourth-order valence-electron chi connectivity index (χ4n) is 4.65. The van der Waals surface area contributed by atoms with Crippen LogP contribution in [0.5, 0.6) is 0 Å². The number of fused-ring (bicyclic) bond motifs is 2. The van der Waals surface area contributed by atoms with Gasteiger partial charge in [0.1, 0.15) is 5.01 Å². The summed E-state index contributed by atoms with van der Waals surface area (Å²) in [4.78, 5) is 5.99. The molecule has 1 aromatic carbocycles. The number of aromatic nitrogens is 1. The van der Waals surface area contributed by atoms with Crippen LogP contribution in [0.15, 0.2) is 47.2 Å². The Morgan fingerprint density at radius 1 is 1.15 bits per heavy atom. The average Bonchev–Trinajstić information content (AvgIpc) is 3.43. The van der Waals surface area contributed by atoms with Crippen molar-refractivity contribution in [3.8, 4) is 9.88 Å². The molecule has 6 heteroatoms. The van der Waals surface area contributed by atoms with E-state index in [0.717, 1.165) is 36.6 Å². The van der Waals surface area contributed by atoms with Crippen LogP contribution in [0.1, 0.15) is 35.7 Å². The summed E-state index contributed by atoms with van der Waals surface area (Å²) in [5.74, 6) is 0. The number of nitrogens with zero attached hydrogens (tertiary/aromatic N) is 1. The Labute approximate surface area is 167 Å². The van der Waals surface area contributed by atoms with Crippen LogP contribution in [0.4, 0.5) is 0 Å². The number of hydrogen-bond acceptors (Lipinski definition) is 6. The van der Waals surface area contributed by atoms with Crippen LogP contribution in [0.25, 0.3) is 9.88 Å². The lowest BCUT2D eigenvalue weighted by Gasteiger charge is -2.39. The van der Waals surface area contributed by atoms with Gasteiger partial charge in [-0.3, -0.25) is 0 Å². The Hall–Kier alpha value is -1.57. The van der Waals surface area contributed by atoms with E-state index >= 15 is 0 Å². The predicted octanol–water partition coefficient (Wildman–Crippen LogP) is 3.70. The number of nitrogens with one attached hydrogen (secondary N) is 2. The van der Waals surface area contributed by atoms with Crippen molar-refractivity contribution in [3.63, 3.8) is 0 Å². The van der Waals surface area contributed by atoms with Crippen molar-refractivity contribution >= 4 is 22.7 Å². The van der Waals surface area contributed by atoms with E-state index in [1.54, 1.807) is 22.7 Å². The van der Waals surface area contributed by atoms with Gasteiger partial charge in [0.25, 0.3) is 0 Å². The highest BCUT2D eigenvalue weighted by molar-refractivity contribution is 7.20. The molecule has 3 aromatic rings. The van der Waals surface area contributed by atoms with Crippen molar-refractivity contribution in [2.75, 3.05) is 13.1 Å². The van der Waals surface area contributed by atoms with Crippen molar-refractivity contribution in [3.05, 3.63) is 64.0 Å². The third-order valence-electron chi connectivity index (χ3n) is 6.00. The van der Waals surface area contributed by atoms with Crippen LogP contribution >= 0.6 is 22.7 Å². The molecular formula is C21H23N3OS2. The van der Waals surface area contributed by atoms with Gasteiger partial charge in [0, 0.05) is 17.3 Å². The number of benzene rings is 1. The molecule has 0 saturated carbocycles. The number of hydrogen-bond donors (Lipinski definition) is 3. The van der Waals surface area contributed by atoms with E-state index in [1.807, 2.05) is 0 Å². The van der Waals surface area contributed by atoms with Crippen LogP contribution in [0.2, 0.25) is 0 Å². The van der Waals surface area contributed by atoms with Crippen molar-refractivity contribution in [2.45, 2.75) is 36.9 Å². The summed E-state index contributed by atoms with van der Waals surface area (Å²) in [6.07, 6.45) is 1.58. The summed E-state index contributed by atoms with van der Waals surface area (Å²) in [6.45, 7) is 2.61. The summed E-state index contributed by atoms with van der Waals surface area (Å²) in [7, 11) is 0. The van der Waals surface area contributed by atoms with Crippen LogP contribution in [0, 0.1) is 0 Å². The Balaban J connectivity index is 1.37. The minimum absolute atomic E-state index is 0.0359. The maximum Gasteiger partial charge on any atom is 0.133 e. The van der Waals surface area contributed by atoms with Gasteiger partial charge in [-0.1, -0.05) is 30.3 Å². The Morgan fingerprint density at radius 2 is 2.00 bits per heavy atom. The Kier molecular flexibility index (Phi) is 4.61. The second-order valence-electron chi connectivity index (χ2n) is 7.42. The van der Waals surface area contributed by atoms with E-state index in [4.69, 9.17) is 4.98 Å². The van der Waals surface area contributed by atoms with Crippen LogP contribution in [-0.4, -0.2) is 29.3 Å². The fourth-order valence-corrected chi connectivity index (χ4v) is 6.28. The lowest BCUT2D eigenvalue weighted by molar-refractivity contribution is 0.0438. The summed E-state index contributed by atoms with van der Waals surface area (Å²) in [6, 6.07) is 12.7. The highest BCUT2D eigenvalue weighted by Crippen LogP contribution is 2.50. The normalized spacial score (nSPS) is 23.6. The van der Waals surface area contributed by atoms with Crippen molar-refractivity contribution < 1.29 is 5.11 Å². The molecule has 0 bridgehead atoms. The predicted molar refractivity (Wildman–Crippen MR) is 111 cm³/mol. The number of rotatable bonds is 4. The minimum atomic E-state index is -0.396. The number of aliphatic hydroxyl groups excluding tert-OH is 1. The van der Waals surface area contributed by atoms with Crippen molar-refractivity contribution in [2.24, 2.45) is 0 Å². The molecule has 27 heavy (non-hydrogen) atoms. The first-order chi connectivity index (χ1) is 13.3. The molecule has 140 valence electrons. The van der Waals surface area contributed by atoms with E-state index in [-0.39, 0.29) is 11.5 Å². The van der Waals surface area contributed by atoms with Crippen LogP contribution < -0.4 is 10.6 Å². The molecule has 1 fully saturated rings. The number of thiophene rings is 1. The van der Waals surface area contributed by atoms with E-state index in [9.17, 15) is 5.11 Å². The maximum absolute atomic E-state index is 11.3. The second-order valence-corrected chi connectivity index (χ2v) is 9.22. The van der Waals surface area contributed by atoms with Gasteiger partial charge >= 0.3 is 0 Å². The number of thiazole rings is 1. The molecule has 1 aliphatic carbocycles. The first-order valence-electron chi connectivity index (χ1n) is 9.48. The maximum atomic E-state index is 11.3. The molecule has 0 radical (unpaired) electrons. The summed E-state index contributed by atoms with van der Waals surface area (Å²) < 4.78 is 0. The zero-order valence-corrected chi connectivity index (χ0v) is 16.7. The molecule has 2 aromatic heterocycles. The van der Waals surface area contributed by atoms with E-state index in [0.29, 0.717) is 6.54 Å². The topological polar surface area (TPSA) is 57.2 Å². The van der Waals surface area contributed by atoms with Gasteiger partial charge in [-0.2, -0.15) is 0 Å². The molecule has 3 heterocycles. The van der Waals surface area contributed by atoms with Crippen LogP contribution in [-0.2, 0) is 12.0 Å². The van der Waals surface area contributed by atoms with E-state index in [1.165, 1.54) is 16.0 Å². The standard InChI is InChI=1S/C21H23N3OS2/c25-19-18(23-12-14-13-27-20(24-14)17-6-3-11-26-17)15-4-1-2-5-16(15)21(19)7-9-22-10-8-21/h1-6,11,13,18-19,22-23,25H,7-10,12H2/t18-,19+/m0/s1. The van der Waals surface area contributed by atoms with Gasteiger partial charge in [0.2, 0.25) is 0 Å². The van der Waals surface area contributed by atoms with E-state index < -0.39 is 6.10 Å². The monoisotopic (exact) mass is 397 g/mol. The largest absolute Gasteiger partial charge is 0.390 e. The Morgan fingerprint density at radius 3 is 2.81 bits per heavy atom. The zero-order valence-electron chi connectivity index (χ0n) is 15.0. The van der Waals surface area contributed by atoms with Gasteiger partial charge in [0.05, 0.1) is 22.7 Å². The number of piperidine rings is 1. The Bertz CT molecular complexity index is 915. The zero-order chi connectivity index (χ0) is 18.3. The molecule has 1 spiro atoms. The smallest absolute Gasteiger partial charge is 0.133 e. The summed E-state index contributed by atoms with van der Waals surface area (Å²) in [5.41, 5.74) is 3.50. The highest BCUT2D eigenvalue weighted by atomic mass is 32.1. The van der Waals surface area contributed by atoms with Crippen LogP contribution in [0.3, 0.4) is 0 Å².